The van der Waals surface area contributed by atoms with Gasteiger partial charge in [0.15, 0.2) is 0 Å². The first-order chi connectivity index (χ1) is 8.66. The highest BCUT2D eigenvalue weighted by Gasteiger charge is 2.07. The minimum atomic E-state index is -0.157. The third kappa shape index (κ3) is 3.21. The van der Waals surface area contributed by atoms with E-state index in [1.165, 1.54) is 0 Å². The van der Waals surface area contributed by atoms with Crippen molar-refractivity contribution in [2.45, 2.75) is 6.42 Å². The molecule has 0 spiro atoms. The molecule has 6 heteroatoms. The number of aromatic nitrogens is 1. The standard InChI is InChI=1S/C12H12ClN3OS/c13-9-2-1-8(7-10(9)14)12(17)16-4-3-11-15-5-6-18-11/h1-2,5-7H,3-4,14H2,(H,16,17). The van der Waals surface area contributed by atoms with E-state index < -0.39 is 0 Å². The Bertz CT molecular complexity index is 542. The van der Waals surface area contributed by atoms with Gasteiger partial charge in [-0.1, -0.05) is 11.6 Å². The molecule has 0 radical (unpaired) electrons. The molecule has 2 aromatic rings. The lowest BCUT2D eigenvalue weighted by molar-refractivity contribution is 0.0954. The number of carbonyl (C=O) groups excluding carboxylic acids is 1. The van der Waals surface area contributed by atoms with E-state index in [1.54, 1.807) is 35.7 Å². The summed E-state index contributed by atoms with van der Waals surface area (Å²) >= 11 is 7.37. The van der Waals surface area contributed by atoms with Gasteiger partial charge in [0.05, 0.1) is 15.7 Å². The number of halogens is 1. The summed E-state index contributed by atoms with van der Waals surface area (Å²) in [6.07, 6.45) is 2.48. The van der Waals surface area contributed by atoms with Crippen molar-refractivity contribution in [1.82, 2.24) is 10.3 Å². The van der Waals surface area contributed by atoms with Crippen LogP contribution in [-0.2, 0) is 6.42 Å². The minimum Gasteiger partial charge on any atom is -0.398 e. The fourth-order valence-corrected chi connectivity index (χ4v) is 2.18. The molecule has 4 nitrogen and oxygen atoms in total. The number of benzene rings is 1. The van der Waals surface area contributed by atoms with E-state index in [4.69, 9.17) is 17.3 Å². The van der Waals surface area contributed by atoms with Crippen molar-refractivity contribution in [2.24, 2.45) is 0 Å². The Morgan fingerprint density at radius 3 is 3.00 bits per heavy atom. The summed E-state index contributed by atoms with van der Waals surface area (Å²) in [5.74, 6) is -0.157. The van der Waals surface area contributed by atoms with Crippen LogP contribution in [-0.4, -0.2) is 17.4 Å². The quantitative estimate of drug-likeness (QED) is 0.846. The first-order valence-electron chi connectivity index (χ1n) is 5.38. The predicted octanol–water partition coefficient (Wildman–Crippen LogP) is 2.35. The first-order valence-corrected chi connectivity index (χ1v) is 6.64. The van der Waals surface area contributed by atoms with Crippen molar-refractivity contribution < 1.29 is 4.79 Å². The normalized spacial score (nSPS) is 10.3. The Kier molecular flexibility index (Phi) is 4.17. The van der Waals surface area contributed by atoms with Gasteiger partial charge >= 0.3 is 0 Å². The van der Waals surface area contributed by atoms with Crippen LogP contribution in [0.25, 0.3) is 0 Å². The van der Waals surface area contributed by atoms with Crippen LogP contribution in [0.1, 0.15) is 15.4 Å². The summed E-state index contributed by atoms with van der Waals surface area (Å²) in [4.78, 5) is 16.0. The summed E-state index contributed by atoms with van der Waals surface area (Å²) < 4.78 is 0. The van der Waals surface area contributed by atoms with Crippen LogP contribution >= 0.6 is 22.9 Å². The number of nitrogen functional groups attached to an aromatic ring is 1. The number of nitrogens with one attached hydrogen (secondary N) is 1. The number of rotatable bonds is 4. The molecule has 0 saturated carbocycles. The molecule has 18 heavy (non-hydrogen) atoms. The van der Waals surface area contributed by atoms with Crippen LogP contribution < -0.4 is 11.1 Å². The molecule has 0 bridgehead atoms. The number of nitrogens with two attached hydrogens (primary N) is 1. The zero-order chi connectivity index (χ0) is 13.0. The predicted molar refractivity (Wildman–Crippen MR) is 74.0 cm³/mol. The van der Waals surface area contributed by atoms with Gasteiger partial charge in [0.1, 0.15) is 0 Å². The number of anilines is 1. The molecular weight excluding hydrogens is 270 g/mol. The number of amides is 1. The highest BCUT2D eigenvalue weighted by Crippen LogP contribution is 2.19. The van der Waals surface area contributed by atoms with Gasteiger partial charge < -0.3 is 11.1 Å². The molecule has 1 aromatic carbocycles. The van der Waals surface area contributed by atoms with Crippen LogP contribution in [0.15, 0.2) is 29.8 Å². The van der Waals surface area contributed by atoms with Gasteiger partial charge in [-0.25, -0.2) is 4.98 Å². The van der Waals surface area contributed by atoms with Crippen LogP contribution in [0.3, 0.4) is 0 Å². The second-order valence-corrected chi connectivity index (χ2v) is 5.05. The molecule has 2 rings (SSSR count). The molecule has 0 unspecified atom stereocenters. The second-order valence-electron chi connectivity index (χ2n) is 3.67. The SMILES string of the molecule is Nc1cc(C(=O)NCCc2nccs2)ccc1Cl. The summed E-state index contributed by atoms with van der Waals surface area (Å²) in [6, 6.07) is 4.84. The lowest BCUT2D eigenvalue weighted by Crippen LogP contribution is -2.25. The smallest absolute Gasteiger partial charge is 0.251 e. The van der Waals surface area contributed by atoms with Crippen molar-refractivity contribution in [3.8, 4) is 0 Å². The van der Waals surface area contributed by atoms with Gasteiger partial charge in [-0.2, -0.15) is 0 Å². The highest BCUT2D eigenvalue weighted by molar-refractivity contribution is 7.09. The summed E-state index contributed by atoms with van der Waals surface area (Å²) in [6.45, 7) is 0.550. The summed E-state index contributed by atoms with van der Waals surface area (Å²) in [5.41, 5.74) is 6.56. The molecule has 0 aliphatic heterocycles. The minimum absolute atomic E-state index is 0.157. The van der Waals surface area contributed by atoms with E-state index in [9.17, 15) is 4.79 Å². The van der Waals surface area contributed by atoms with E-state index >= 15 is 0 Å². The average molecular weight is 282 g/mol. The number of nitrogens with zero attached hydrogens (tertiary/aromatic N) is 1. The number of carbonyl (C=O) groups is 1. The zero-order valence-corrected chi connectivity index (χ0v) is 11.1. The Hall–Kier alpha value is -1.59. The molecule has 1 amide bonds. The summed E-state index contributed by atoms with van der Waals surface area (Å²) in [7, 11) is 0. The molecule has 1 heterocycles. The van der Waals surface area contributed by atoms with Crippen molar-refractivity contribution in [3.63, 3.8) is 0 Å². The Morgan fingerprint density at radius 2 is 2.33 bits per heavy atom. The van der Waals surface area contributed by atoms with Gasteiger partial charge in [0.25, 0.3) is 5.91 Å². The number of hydrogen-bond acceptors (Lipinski definition) is 4. The molecule has 1 aromatic heterocycles. The fraction of sp³-hybridized carbons (Fsp3) is 0.167. The third-order valence-corrected chi connectivity index (χ3v) is 3.55. The average Bonchev–Trinajstić information content (AvgIpc) is 2.85. The van der Waals surface area contributed by atoms with Gasteiger partial charge in [0.2, 0.25) is 0 Å². The maximum atomic E-state index is 11.8. The maximum absolute atomic E-state index is 11.8. The number of hydrogen-bond donors (Lipinski definition) is 2. The second kappa shape index (κ2) is 5.84. The largest absolute Gasteiger partial charge is 0.398 e. The Morgan fingerprint density at radius 1 is 1.50 bits per heavy atom. The van der Waals surface area contributed by atoms with Gasteiger partial charge in [-0.05, 0) is 18.2 Å². The van der Waals surface area contributed by atoms with E-state index in [1.807, 2.05) is 5.38 Å². The van der Waals surface area contributed by atoms with Gasteiger partial charge in [-0.15, -0.1) is 11.3 Å². The fourth-order valence-electron chi connectivity index (χ4n) is 1.45. The lowest BCUT2D eigenvalue weighted by atomic mass is 10.2. The van der Waals surface area contributed by atoms with Crippen LogP contribution in [0.4, 0.5) is 5.69 Å². The molecule has 0 fully saturated rings. The van der Waals surface area contributed by atoms with E-state index in [0.717, 1.165) is 11.4 Å². The topological polar surface area (TPSA) is 68.0 Å². The Balaban J connectivity index is 1.89. The van der Waals surface area contributed by atoms with Crippen LogP contribution in [0.5, 0.6) is 0 Å². The highest BCUT2D eigenvalue weighted by atomic mass is 35.5. The van der Waals surface area contributed by atoms with E-state index in [-0.39, 0.29) is 5.91 Å². The van der Waals surface area contributed by atoms with Crippen molar-refractivity contribution >= 4 is 34.5 Å². The van der Waals surface area contributed by atoms with Crippen molar-refractivity contribution in [2.75, 3.05) is 12.3 Å². The van der Waals surface area contributed by atoms with E-state index in [2.05, 4.69) is 10.3 Å². The number of thiazole rings is 1. The summed E-state index contributed by atoms with van der Waals surface area (Å²) in [5, 5.41) is 6.19. The van der Waals surface area contributed by atoms with Crippen molar-refractivity contribution in [3.05, 3.63) is 45.4 Å². The molecule has 0 saturated heterocycles. The third-order valence-electron chi connectivity index (χ3n) is 2.37. The van der Waals surface area contributed by atoms with Crippen molar-refractivity contribution in [1.29, 1.82) is 0 Å². The molecule has 0 atom stereocenters. The lowest BCUT2D eigenvalue weighted by Gasteiger charge is -2.05. The first kappa shape index (κ1) is 12.9. The zero-order valence-electron chi connectivity index (χ0n) is 9.52. The molecule has 0 aliphatic rings. The van der Waals surface area contributed by atoms with Crippen LogP contribution in [0.2, 0.25) is 5.02 Å². The maximum Gasteiger partial charge on any atom is 0.251 e. The van der Waals surface area contributed by atoms with E-state index in [0.29, 0.717) is 22.8 Å². The van der Waals surface area contributed by atoms with Gasteiger partial charge in [0, 0.05) is 30.1 Å². The van der Waals surface area contributed by atoms with Gasteiger partial charge in [-0.3, -0.25) is 4.79 Å². The molecule has 94 valence electrons. The Labute approximate surface area is 114 Å². The van der Waals surface area contributed by atoms with Crippen LogP contribution in [0, 0.1) is 0 Å². The monoisotopic (exact) mass is 281 g/mol. The molecule has 0 aliphatic carbocycles. The molecular formula is C12H12ClN3OS. The molecule has 3 N–H and O–H groups in total.